The van der Waals surface area contributed by atoms with E-state index in [1.165, 1.54) is 10.4 Å². The number of thiazole rings is 1. The maximum Gasteiger partial charge on any atom is 0.0798 e. The molecule has 0 bridgehead atoms. The van der Waals surface area contributed by atoms with Crippen LogP contribution in [0.2, 0.25) is 0 Å². The fraction of sp³-hybridized carbons (Fsp3) is 0.308. The summed E-state index contributed by atoms with van der Waals surface area (Å²) in [6.45, 7) is 3.91. The molecule has 0 radical (unpaired) electrons. The monoisotopic (exact) mass is 247 g/mol. The van der Waals surface area contributed by atoms with Crippen LogP contribution in [0.3, 0.4) is 0 Å². The number of nitrogens with one attached hydrogen (secondary N) is 1. The highest BCUT2D eigenvalue weighted by Gasteiger charge is 2.00. The van der Waals surface area contributed by atoms with Gasteiger partial charge in [0.25, 0.3) is 0 Å². The van der Waals surface area contributed by atoms with Gasteiger partial charge in [-0.2, -0.15) is 0 Å². The van der Waals surface area contributed by atoms with Crippen LogP contribution < -0.4 is 11.1 Å². The van der Waals surface area contributed by atoms with Gasteiger partial charge in [-0.05, 0) is 37.6 Å². The Hall–Kier alpha value is -1.39. The van der Waals surface area contributed by atoms with E-state index < -0.39 is 0 Å². The van der Waals surface area contributed by atoms with Crippen LogP contribution in [-0.2, 0) is 13.0 Å². The van der Waals surface area contributed by atoms with Crippen molar-refractivity contribution in [3.63, 3.8) is 0 Å². The van der Waals surface area contributed by atoms with Crippen molar-refractivity contribution in [2.24, 2.45) is 0 Å². The van der Waals surface area contributed by atoms with E-state index in [1.54, 1.807) is 11.3 Å². The maximum absolute atomic E-state index is 5.73. The highest BCUT2D eigenvalue weighted by Crippen LogP contribution is 2.11. The summed E-state index contributed by atoms with van der Waals surface area (Å²) in [5.74, 6) is 0. The summed E-state index contributed by atoms with van der Waals surface area (Å²) in [4.78, 5) is 5.54. The molecule has 0 saturated carbocycles. The molecule has 3 nitrogen and oxygen atoms in total. The van der Waals surface area contributed by atoms with Crippen LogP contribution in [0.25, 0.3) is 0 Å². The molecule has 0 spiro atoms. The van der Waals surface area contributed by atoms with Gasteiger partial charge in [0.15, 0.2) is 0 Å². The topological polar surface area (TPSA) is 50.9 Å². The highest BCUT2D eigenvalue weighted by atomic mass is 32.1. The molecule has 0 amide bonds. The number of hydrogen-bond donors (Lipinski definition) is 2. The number of hydrogen-bond acceptors (Lipinski definition) is 4. The third kappa shape index (κ3) is 3.54. The molecular formula is C13H17N3S. The summed E-state index contributed by atoms with van der Waals surface area (Å²) >= 11 is 1.70. The van der Waals surface area contributed by atoms with Gasteiger partial charge in [0.1, 0.15) is 0 Å². The molecular weight excluding hydrogens is 230 g/mol. The van der Waals surface area contributed by atoms with Gasteiger partial charge >= 0.3 is 0 Å². The van der Waals surface area contributed by atoms with E-state index in [0.717, 1.165) is 30.9 Å². The van der Waals surface area contributed by atoms with Crippen LogP contribution in [0.1, 0.15) is 16.1 Å². The van der Waals surface area contributed by atoms with Gasteiger partial charge in [0.2, 0.25) is 0 Å². The number of nitrogens with two attached hydrogens (primary N) is 1. The summed E-state index contributed by atoms with van der Waals surface area (Å²) in [7, 11) is 0. The van der Waals surface area contributed by atoms with Crippen molar-refractivity contribution in [1.29, 1.82) is 0 Å². The average molecular weight is 247 g/mol. The number of rotatable bonds is 5. The van der Waals surface area contributed by atoms with Crippen LogP contribution in [0.5, 0.6) is 0 Å². The first-order valence-corrected chi connectivity index (χ1v) is 6.58. The number of aryl methyl sites for hydroxylation is 1. The van der Waals surface area contributed by atoms with E-state index in [9.17, 15) is 0 Å². The Bertz CT molecular complexity index is 479. The molecule has 0 atom stereocenters. The molecule has 17 heavy (non-hydrogen) atoms. The van der Waals surface area contributed by atoms with Gasteiger partial charge in [0, 0.05) is 17.1 Å². The molecule has 0 aliphatic carbocycles. The molecule has 1 aromatic carbocycles. The quantitative estimate of drug-likeness (QED) is 0.630. The average Bonchev–Trinajstić information content (AvgIpc) is 2.71. The smallest absolute Gasteiger partial charge is 0.0798 e. The molecule has 4 heteroatoms. The predicted molar refractivity (Wildman–Crippen MR) is 73.1 cm³/mol. The van der Waals surface area contributed by atoms with Crippen molar-refractivity contribution >= 4 is 17.0 Å². The molecule has 1 heterocycles. The van der Waals surface area contributed by atoms with Gasteiger partial charge in [-0.15, -0.1) is 11.3 Å². The zero-order valence-corrected chi connectivity index (χ0v) is 10.8. The van der Waals surface area contributed by atoms with Crippen molar-refractivity contribution in [3.05, 3.63) is 45.9 Å². The minimum absolute atomic E-state index is 0.834. The SMILES string of the molecule is Cc1ncsc1CNCCc1cccc(N)c1. The van der Waals surface area contributed by atoms with E-state index in [-0.39, 0.29) is 0 Å². The third-order valence-corrected chi connectivity index (χ3v) is 3.61. The van der Waals surface area contributed by atoms with E-state index >= 15 is 0 Å². The molecule has 0 aliphatic rings. The zero-order chi connectivity index (χ0) is 12.1. The minimum Gasteiger partial charge on any atom is -0.399 e. The molecule has 90 valence electrons. The lowest BCUT2D eigenvalue weighted by atomic mass is 10.1. The Morgan fingerprint density at radius 2 is 2.29 bits per heavy atom. The number of nitrogens with zero attached hydrogens (tertiary/aromatic N) is 1. The van der Waals surface area contributed by atoms with Crippen molar-refractivity contribution in [3.8, 4) is 0 Å². The molecule has 3 N–H and O–H groups in total. The number of anilines is 1. The summed E-state index contributed by atoms with van der Waals surface area (Å²) in [5.41, 5.74) is 10.9. The first-order valence-electron chi connectivity index (χ1n) is 5.70. The predicted octanol–water partition coefficient (Wildman–Crippen LogP) is 2.37. The second-order valence-electron chi connectivity index (χ2n) is 4.03. The summed E-state index contributed by atoms with van der Waals surface area (Å²) < 4.78 is 0. The second kappa shape index (κ2) is 5.80. The lowest BCUT2D eigenvalue weighted by Crippen LogP contribution is -2.16. The molecule has 0 unspecified atom stereocenters. The van der Waals surface area contributed by atoms with Gasteiger partial charge in [-0.1, -0.05) is 12.1 Å². The normalized spacial score (nSPS) is 10.6. The fourth-order valence-corrected chi connectivity index (χ4v) is 2.43. The Kier molecular flexibility index (Phi) is 4.12. The van der Waals surface area contributed by atoms with E-state index in [1.807, 2.05) is 30.6 Å². The Morgan fingerprint density at radius 3 is 3.00 bits per heavy atom. The fourth-order valence-electron chi connectivity index (χ4n) is 1.68. The Balaban J connectivity index is 1.75. The molecule has 0 fully saturated rings. The summed E-state index contributed by atoms with van der Waals surface area (Å²) in [6.07, 6.45) is 1.00. The van der Waals surface area contributed by atoms with Gasteiger partial charge in [-0.3, -0.25) is 0 Å². The number of aromatic nitrogens is 1. The van der Waals surface area contributed by atoms with Gasteiger partial charge < -0.3 is 11.1 Å². The van der Waals surface area contributed by atoms with E-state index in [0.29, 0.717) is 0 Å². The maximum atomic E-state index is 5.73. The number of benzene rings is 1. The Morgan fingerprint density at radius 1 is 1.41 bits per heavy atom. The van der Waals surface area contributed by atoms with Crippen LogP contribution in [0.15, 0.2) is 29.8 Å². The molecule has 0 saturated heterocycles. The van der Waals surface area contributed by atoms with Crippen LogP contribution in [0.4, 0.5) is 5.69 Å². The van der Waals surface area contributed by atoms with Crippen molar-refractivity contribution in [2.45, 2.75) is 19.9 Å². The summed E-state index contributed by atoms with van der Waals surface area (Å²) in [5, 5.41) is 3.43. The summed E-state index contributed by atoms with van der Waals surface area (Å²) in [6, 6.07) is 8.05. The van der Waals surface area contributed by atoms with Gasteiger partial charge in [-0.25, -0.2) is 4.98 Å². The molecule has 0 aliphatic heterocycles. The number of nitrogen functional groups attached to an aromatic ring is 1. The van der Waals surface area contributed by atoms with Crippen molar-refractivity contribution < 1.29 is 0 Å². The lowest BCUT2D eigenvalue weighted by molar-refractivity contribution is 0.690. The minimum atomic E-state index is 0.834. The van der Waals surface area contributed by atoms with E-state index in [2.05, 4.69) is 16.4 Å². The standard InChI is InChI=1S/C13H17N3S/c1-10-13(17-9-16-10)8-15-6-5-11-3-2-4-12(14)7-11/h2-4,7,9,15H,5-6,8,14H2,1H3. The third-order valence-electron chi connectivity index (χ3n) is 2.67. The van der Waals surface area contributed by atoms with Crippen molar-refractivity contribution in [1.82, 2.24) is 10.3 Å². The van der Waals surface area contributed by atoms with Crippen LogP contribution >= 0.6 is 11.3 Å². The molecule has 2 aromatic rings. The Labute approximate surface area is 106 Å². The first kappa shape index (κ1) is 12.1. The van der Waals surface area contributed by atoms with Crippen molar-refractivity contribution in [2.75, 3.05) is 12.3 Å². The van der Waals surface area contributed by atoms with Crippen LogP contribution in [-0.4, -0.2) is 11.5 Å². The molecule has 2 rings (SSSR count). The first-order chi connectivity index (χ1) is 8.25. The van der Waals surface area contributed by atoms with E-state index in [4.69, 9.17) is 5.73 Å². The highest BCUT2D eigenvalue weighted by molar-refractivity contribution is 7.09. The van der Waals surface area contributed by atoms with Crippen LogP contribution in [0, 0.1) is 6.92 Å². The lowest BCUT2D eigenvalue weighted by Gasteiger charge is -2.04. The molecule has 1 aromatic heterocycles. The zero-order valence-electron chi connectivity index (χ0n) is 9.94. The second-order valence-corrected chi connectivity index (χ2v) is 4.97. The van der Waals surface area contributed by atoms with Gasteiger partial charge in [0.05, 0.1) is 11.2 Å². The largest absolute Gasteiger partial charge is 0.399 e.